The third-order valence-corrected chi connectivity index (χ3v) is 5.03. The van der Waals surface area contributed by atoms with Crippen molar-refractivity contribution in [3.8, 4) is 17.1 Å². The molecule has 7 heteroatoms. The highest BCUT2D eigenvalue weighted by atomic mass is 32.2. The molecule has 1 amide bonds. The summed E-state index contributed by atoms with van der Waals surface area (Å²) in [7, 11) is 5.31. The van der Waals surface area contributed by atoms with Gasteiger partial charge in [0.2, 0.25) is 5.91 Å². The van der Waals surface area contributed by atoms with Crippen LogP contribution in [-0.4, -0.2) is 40.6 Å². The molecular formula is C19H20N4O2S. The molecule has 6 nitrogen and oxygen atoms in total. The zero-order chi connectivity index (χ0) is 18.5. The highest BCUT2D eigenvalue weighted by Gasteiger charge is 2.15. The highest BCUT2D eigenvalue weighted by Crippen LogP contribution is 2.25. The SMILES string of the molecule is COc1ccc(-c2nnc(SCC(=O)N(C)c3ccccc3)n2C)cc1. The van der Waals surface area contributed by atoms with Crippen molar-refractivity contribution in [2.75, 3.05) is 24.8 Å². The van der Waals surface area contributed by atoms with Crippen molar-refractivity contribution < 1.29 is 9.53 Å². The lowest BCUT2D eigenvalue weighted by Gasteiger charge is -2.16. The number of aromatic nitrogens is 3. The van der Waals surface area contributed by atoms with E-state index < -0.39 is 0 Å². The Kier molecular flexibility index (Phi) is 5.58. The number of carbonyl (C=O) groups is 1. The van der Waals surface area contributed by atoms with E-state index in [1.807, 2.05) is 66.2 Å². The van der Waals surface area contributed by atoms with Crippen LogP contribution in [0.4, 0.5) is 5.69 Å². The van der Waals surface area contributed by atoms with Gasteiger partial charge in [-0.25, -0.2) is 0 Å². The minimum Gasteiger partial charge on any atom is -0.497 e. The Morgan fingerprint density at radius 1 is 1.12 bits per heavy atom. The molecule has 134 valence electrons. The molecule has 3 rings (SSSR count). The van der Waals surface area contributed by atoms with Crippen molar-refractivity contribution in [1.82, 2.24) is 14.8 Å². The molecule has 0 aliphatic carbocycles. The van der Waals surface area contributed by atoms with Crippen molar-refractivity contribution in [1.29, 1.82) is 0 Å². The second-order valence-corrected chi connectivity index (χ2v) is 6.61. The lowest BCUT2D eigenvalue weighted by atomic mass is 10.2. The number of amides is 1. The summed E-state index contributed by atoms with van der Waals surface area (Å²) in [5.41, 5.74) is 1.82. The Hall–Kier alpha value is -2.80. The number of hydrogen-bond donors (Lipinski definition) is 0. The number of carbonyl (C=O) groups excluding carboxylic acids is 1. The molecule has 0 atom stereocenters. The molecule has 3 aromatic rings. The molecule has 1 aromatic heterocycles. The van der Waals surface area contributed by atoms with Crippen LogP contribution in [0.3, 0.4) is 0 Å². The Bertz CT molecular complexity index is 878. The van der Waals surface area contributed by atoms with E-state index in [0.29, 0.717) is 10.9 Å². The Morgan fingerprint density at radius 3 is 2.46 bits per heavy atom. The maximum absolute atomic E-state index is 12.4. The minimum atomic E-state index is 0.00944. The molecule has 0 fully saturated rings. The van der Waals surface area contributed by atoms with Gasteiger partial charge >= 0.3 is 0 Å². The van der Waals surface area contributed by atoms with Gasteiger partial charge in [-0.05, 0) is 36.4 Å². The predicted molar refractivity (Wildman–Crippen MR) is 104 cm³/mol. The zero-order valence-electron chi connectivity index (χ0n) is 14.9. The fourth-order valence-electron chi connectivity index (χ4n) is 2.45. The Morgan fingerprint density at radius 2 is 1.81 bits per heavy atom. The summed E-state index contributed by atoms with van der Waals surface area (Å²) in [4.78, 5) is 14.1. The zero-order valence-corrected chi connectivity index (χ0v) is 15.7. The van der Waals surface area contributed by atoms with E-state index in [0.717, 1.165) is 22.8 Å². The summed E-state index contributed by atoms with van der Waals surface area (Å²) in [5, 5.41) is 9.16. The van der Waals surface area contributed by atoms with Gasteiger partial charge in [-0.3, -0.25) is 4.79 Å². The molecule has 0 aliphatic rings. The van der Waals surface area contributed by atoms with Gasteiger partial charge in [0.15, 0.2) is 11.0 Å². The third kappa shape index (κ3) is 3.88. The summed E-state index contributed by atoms with van der Waals surface area (Å²) in [5.74, 6) is 1.84. The van der Waals surface area contributed by atoms with E-state index in [1.165, 1.54) is 11.8 Å². The van der Waals surface area contributed by atoms with Crippen LogP contribution in [0.15, 0.2) is 59.8 Å². The number of nitrogens with zero attached hydrogens (tertiary/aromatic N) is 4. The molecule has 1 heterocycles. The summed E-state index contributed by atoms with van der Waals surface area (Å²) >= 11 is 1.37. The van der Waals surface area contributed by atoms with Crippen molar-refractivity contribution in [3.05, 3.63) is 54.6 Å². The smallest absolute Gasteiger partial charge is 0.237 e. The van der Waals surface area contributed by atoms with Crippen LogP contribution >= 0.6 is 11.8 Å². The van der Waals surface area contributed by atoms with Crippen LogP contribution < -0.4 is 9.64 Å². The van der Waals surface area contributed by atoms with Crippen molar-refractivity contribution >= 4 is 23.4 Å². The molecule has 0 saturated carbocycles. The monoisotopic (exact) mass is 368 g/mol. The van der Waals surface area contributed by atoms with Crippen LogP contribution in [-0.2, 0) is 11.8 Å². The average molecular weight is 368 g/mol. The van der Waals surface area contributed by atoms with Gasteiger partial charge in [-0.1, -0.05) is 30.0 Å². The molecule has 0 bridgehead atoms. The summed E-state index contributed by atoms with van der Waals surface area (Å²) in [6.45, 7) is 0. The predicted octanol–water partition coefficient (Wildman–Crippen LogP) is 3.25. The normalized spacial score (nSPS) is 10.6. The first-order chi connectivity index (χ1) is 12.6. The number of ether oxygens (including phenoxy) is 1. The van der Waals surface area contributed by atoms with Gasteiger partial charge in [0, 0.05) is 25.3 Å². The van der Waals surface area contributed by atoms with E-state index in [2.05, 4.69) is 10.2 Å². The number of hydrogen-bond acceptors (Lipinski definition) is 5. The fourth-order valence-corrected chi connectivity index (χ4v) is 3.28. The third-order valence-electron chi connectivity index (χ3n) is 4.03. The summed E-state index contributed by atoms with van der Waals surface area (Å²) < 4.78 is 7.07. The second-order valence-electron chi connectivity index (χ2n) is 5.67. The van der Waals surface area contributed by atoms with Gasteiger partial charge < -0.3 is 14.2 Å². The lowest BCUT2D eigenvalue weighted by Crippen LogP contribution is -2.27. The molecule has 0 N–H and O–H groups in total. The molecule has 0 saturated heterocycles. The quantitative estimate of drug-likeness (QED) is 0.625. The van der Waals surface area contributed by atoms with Gasteiger partial charge in [-0.2, -0.15) is 0 Å². The molecule has 0 spiro atoms. The molecular weight excluding hydrogens is 348 g/mol. The second kappa shape index (κ2) is 8.05. The Labute approximate surface area is 156 Å². The van der Waals surface area contributed by atoms with Crippen molar-refractivity contribution in [2.45, 2.75) is 5.16 Å². The van der Waals surface area contributed by atoms with E-state index in [4.69, 9.17) is 4.74 Å². The molecule has 0 aliphatic heterocycles. The van der Waals surface area contributed by atoms with Gasteiger partial charge in [0.05, 0.1) is 12.9 Å². The number of para-hydroxylation sites is 1. The maximum atomic E-state index is 12.4. The number of methoxy groups -OCH3 is 1. The van der Waals surface area contributed by atoms with Crippen LogP contribution in [0, 0.1) is 0 Å². The first kappa shape index (κ1) is 18.0. The first-order valence-corrected chi connectivity index (χ1v) is 9.07. The van der Waals surface area contributed by atoms with Crippen molar-refractivity contribution in [3.63, 3.8) is 0 Å². The van der Waals surface area contributed by atoms with Gasteiger partial charge in [0.25, 0.3) is 0 Å². The van der Waals surface area contributed by atoms with E-state index >= 15 is 0 Å². The molecule has 0 unspecified atom stereocenters. The number of thioether (sulfide) groups is 1. The standard InChI is InChI=1S/C19H20N4O2S/c1-22(15-7-5-4-6-8-15)17(24)13-26-19-21-20-18(23(19)2)14-9-11-16(25-3)12-10-14/h4-12H,13H2,1-3H3. The highest BCUT2D eigenvalue weighted by molar-refractivity contribution is 7.99. The number of rotatable bonds is 6. The number of benzene rings is 2. The average Bonchev–Trinajstić information content (AvgIpc) is 3.06. The first-order valence-electron chi connectivity index (χ1n) is 8.08. The molecule has 2 aromatic carbocycles. The molecule has 26 heavy (non-hydrogen) atoms. The van der Waals surface area contributed by atoms with Crippen LogP contribution in [0.5, 0.6) is 5.75 Å². The maximum Gasteiger partial charge on any atom is 0.237 e. The molecule has 0 radical (unpaired) electrons. The van der Waals surface area contributed by atoms with E-state index in [1.54, 1.807) is 19.1 Å². The number of anilines is 1. The van der Waals surface area contributed by atoms with Gasteiger partial charge in [-0.15, -0.1) is 10.2 Å². The summed E-state index contributed by atoms with van der Waals surface area (Å²) in [6.07, 6.45) is 0. The largest absolute Gasteiger partial charge is 0.497 e. The van der Waals surface area contributed by atoms with Crippen molar-refractivity contribution in [2.24, 2.45) is 7.05 Å². The van der Waals surface area contributed by atoms with Crippen LogP contribution in [0.1, 0.15) is 0 Å². The van der Waals surface area contributed by atoms with Crippen LogP contribution in [0.25, 0.3) is 11.4 Å². The topological polar surface area (TPSA) is 60.3 Å². The summed E-state index contributed by atoms with van der Waals surface area (Å²) in [6, 6.07) is 17.2. The van der Waals surface area contributed by atoms with Crippen LogP contribution in [0.2, 0.25) is 0 Å². The minimum absolute atomic E-state index is 0.00944. The van der Waals surface area contributed by atoms with E-state index in [9.17, 15) is 4.79 Å². The lowest BCUT2D eigenvalue weighted by molar-refractivity contribution is -0.115. The Balaban J connectivity index is 1.67. The van der Waals surface area contributed by atoms with Gasteiger partial charge in [0.1, 0.15) is 5.75 Å². The fraction of sp³-hybridized carbons (Fsp3) is 0.211. The van der Waals surface area contributed by atoms with E-state index in [-0.39, 0.29) is 5.91 Å².